The number of hydrogen-bond donors (Lipinski definition) is 2. The summed E-state index contributed by atoms with van der Waals surface area (Å²) < 4.78 is 17.2. The summed E-state index contributed by atoms with van der Waals surface area (Å²) in [6.45, 7) is 10.5. The average molecular weight is 539 g/mol. The minimum atomic E-state index is -0.550. The normalized spacial score (nSPS) is 12.6. The number of amidine groups is 1. The summed E-state index contributed by atoms with van der Waals surface area (Å²) >= 11 is 0. The lowest BCUT2D eigenvalue weighted by atomic mass is 9.84. The smallest absolute Gasteiger partial charge is 0.414 e. The Balaban J connectivity index is 1.96. The van der Waals surface area contributed by atoms with Crippen LogP contribution in [0.1, 0.15) is 72.0 Å². The molecule has 0 aromatic heterocycles. The minimum absolute atomic E-state index is 0.0568. The van der Waals surface area contributed by atoms with E-state index in [1.807, 2.05) is 34.6 Å². The molecule has 210 valence electrons. The Labute approximate surface area is 229 Å². The number of carbonyl (C=O) groups excluding carboxylic acids is 3. The molecule has 1 aliphatic rings. The standard InChI is InChI=1S/C29H38N4O6/c1-9-37-23-13-18-15-33(26(30)19(18)14-20(23)27(35)31-6)16-22(34)17-11-21(29(3,4)5)25(24(12-17)38-10-2)39-28(36)32(7)8/h11-14,30H,9-10,15-16H2,1-8H3,(H,31,35). The number of benzene rings is 2. The quantitative estimate of drug-likeness (QED) is 0.459. The fourth-order valence-corrected chi connectivity index (χ4v) is 4.28. The molecule has 2 aromatic carbocycles. The van der Waals surface area contributed by atoms with E-state index in [1.54, 1.807) is 43.3 Å². The van der Waals surface area contributed by atoms with Crippen LogP contribution in [-0.2, 0) is 12.0 Å². The van der Waals surface area contributed by atoms with Crippen molar-refractivity contribution in [2.75, 3.05) is 40.9 Å². The molecular weight excluding hydrogens is 500 g/mol. The van der Waals surface area contributed by atoms with Gasteiger partial charge in [0.2, 0.25) is 0 Å². The Kier molecular flexibility index (Phi) is 8.88. The molecule has 0 unspecified atom stereocenters. The van der Waals surface area contributed by atoms with Crippen LogP contribution in [0.25, 0.3) is 0 Å². The molecule has 2 amide bonds. The van der Waals surface area contributed by atoms with Gasteiger partial charge in [-0.15, -0.1) is 0 Å². The Morgan fingerprint density at radius 2 is 1.67 bits per heavy atom. The third-order valence-electron chi connectivity index (χ3n) is 6.28. The van der Waals surface area contributed by atoms with E-state index in [1.165, 1.54) is 11.9 Å². The van der Waals surface area contributed by atoms with E-state index in [9.17, 15) is 14.4 Å². The fraction of sp³-hybridized carbons (Fsp3) is 0.448. The van der Waals surface area contributed by atoms with Crippen LogP contribution < -0.4 is 19.5 Å². The minimum Gasteiger partial charge on any atom is -0.493 e. The number of hydrogen-bond acceptors (Lipinski definition) is 7. The third kappa shape index (κ3) is 6.32. The van der Waals surface area contributed by atoms with Crippen LogP contribution in [0.3, 0.4) is 0 Å². The monoisotopic (exact) mass is 538 g/mol. The summed E-state index contributed by atoms with van der Waals surface area (Å²) in [7, 11) is 4.72. The van der Waals surface area contributed by atoms with Crippen molar-refractivity contribution >= 4 is 23.6 Å². The zero-order valence-corrected chi connectivity index (χ0v) is 24.0. The molecule has 1 aliphatic heterocycles. The molecule has 0 saturated heterocycles. The summed E-state index contributed by atoms with van der Waals surface area (Å²) in [6, 6.07) is 6.72. The van der Waals surface area contributed by atoms with Gasteiger partial charge in [0.1, 0.15) is 11.6 Å². The maximum atomic E-state index is 13.6. The van der Waals surface area contributed by atoms with Gasteiger partial charge in [0.15, 0.2) is 17.3 Å². The van der Waals surface area contributed by atoms with Crippen molar-refractivity contribution in [3.8, 4) is 17.2 Å². The van der Waals surface area contributed by atoms with E-state index in [4.69, 9.17) is 19.6 Å². The topological polar surface area (TPSA) is 121 Å². The number of Topliss-reactive ketones (excluding diaryl/α,β-unsaturated/α-hetero) is 1. The molecule has 0 fully saturated rings. The zero-order chi connectivity index (χ0) is 29.1. The van der Waals surface area contributed by atoms with Crippen LogP contribution in [-0.4, -0.2) is 74.3 Å². The highest BCUT2D eigenvalue weighted by molar-refractivity contribution is 6.07. The largest absolute Gasteiger partial charge is 0.493 e. The highest BCUT2D eigenvalue weighted by Crippen LogP contribution is 2.41. The first-order valence-corrected chi connectivity index (χ1v) is 12.9. The predicted octanol–water partition coefficient (Wildman–Crippen LogP) is 4.23. The van der Waals surface area contributed by atoms with Crippen molar-refractivity contribution in [3.63, 3.8) is 0 Å². The van der Waals surface area contributed by atoms with Crippen LogP contribution >= 0.6 is 0 Å². The van der Waals surface area contributed by atoms with Crippen LogP contribution in [0.15, 0.2) is 24.3 Å². The van der Waals surface area contributed by atoms with Crippen molar-refractivity contribution in [2.45, 2.75) is 46.6 Å². The molecule has 0 atom stereocenters. The maximum absolute atomic E-state index is 13.6. The second kappa shape index (κ2) is 11.8. The van der Waals surface area contributed by atoms with Gasteiger partial charge in [0, 0.05) is 44.4 Å². The molecule has 10 nitrogen and oxygen atoms in total. The number of nitrogens with zero attached hydrogens (tertiary/aromatic N) is 2. The molecule has 2 aromatic rings. The molecule has 0 saturated carbocycles. The van der Waals surface area contributed by atoms with Gasteiger partial charge in [-0.2, -0.15) is 0 Å². The van der Waals surface area contributed by atoms with Crippen molar-refractivity contribution < 1.29 is 28.6 Å². The molecule has 0 radical (unpaired) electrons. The second-order valence-corrected chi connectivity index (χ2v) is 10.4. The van der Waals surface area contributed by atoms with Crippen LogP contribution in [0, 0.1) is 5.41 Å². The molecule has 2 N–H and O–H groups in total. The van der Waals surface area contributed by atoms with Gasteiger partial charge in [-0.3, -0.25) is 15.0 Å². The number of carbonyl (C=O) groups is 3. The van der Waals surface area contributed by atoms with Crippen molar-refractivity contribution in [2.24, 2.45) is 0 Å². The van der Waals surface area contributed by atoms with Crippen molar-refractivity contribution in [1.82, 2.24) is 15.1 Å². The molecule has 0 spiro atoms. The summed E-state index contributed by atoms with van der Waals surface area (Å²) in [5.74, 6) is 0.656. The van der Waals surface area contributed by atoms with Gasteiger partial charge in [0.05, 0.1) is 25.3 Å². The van der Waals surface area contributed by atoms with Gasteiger partial charge in [-0.05, 0) is 49.1 Å². The summed E-state index contributed by atoms with van der Waals surface area (Å²) in [4.78, 5) is 41.4. The van der Waals surface area contributed by atoms with E-state index < -0.39 is 11.5 Å². The molecule has 3 rings (SSSR count). The van der Waals surface area contributed by atoms with E-state index in [0.29, 0.717) is 53.5 Å². The fourth-order valence-electron chi connectivity index (χ4n) is 4.28. The van der Waals surface area contributed by atoms with Crippen molar-refractivity contribution in [1.29, 1.82) is 5.41 Å². The predicted molar refractivity (Wildman–Crippen MR) is 149 cm³/mol. The summed E-state index contributed by atoms with van der Waals surface area (Å²) in [5.41, 5.74) is 2.31. The Morgan fingerprint density at radius 3 is 2.23 bits per heavy atom. The van der Waals surface area contributed by atoms with Crippen LogP contribution in [0.5, 0.6) is 17.2 Å². The number of amides is 2. The maximum Gasteiger partial charge on any atom is 0.414 e. The highest BCUT2D eigenvalue weighted by Gasteiger charge is 2.31. The zero-order valence-electron chi connectivity index (χ0n) is 24.0. The van der Waals surface area contributed by atoms with Gasteiger partial charge < -0.3 is 29.3 Å². The van der Waals surface area contributed by atoms with Crippen molar-refractivity contribution in [3.05, 3.63) is 52.1 Å². The third-order valence-corrected chi connectivity index (χ3v) is 6.28. The second-order valence-electron chi connectivity index (χ2n) is 10.4. The van der Waals surface area contributed by atoms with E-state index in [-0.39, 0.29) is 29.8 Å². The van der Waals surface area contributed by atoms with E-state index in [2.05, 4.69) is 5.32 Å². The summed E-state index contributed by atoms with van der Waals surface area (Å²) in [5, 5.41) is 11.3. The van der Waals surface area contributed by atoms with Gasteiger partial charge in [-0.1, -0.05) is 20.8 Å². The summed E-state index contributed by atoms with van der Waals surface area (Å²) in [6.07, 6.45) is -0.550. The average Bonchev–Trinajstić information content (AvgIpc) is 3.17. The Bertz CT molecular complexity index is 1300. The van der Waals surface area contributed by atoms with Crippen LogP contribution in [0.4, 0.5) is 4.79 Å². The molecule has 10 heteroatoms. The Hall–Kier alpha value is -4.08. The molecule has 1 heterocycles. The number of ether oxygens (including phenoxy) is 3. The van der Waals surface area contributed by atoms with E-state index >= 15 is 0 Å². The number of nitrogens with one attached hydrogen (secondary N) is 2. The molecular formula is C29H38N4O6. The van der Waals surface area contributed by atoms with Crippen LogP contribution in [0.2, 0.25) is 0 Å². The first kappa shape index (κ1) is 29.5. The Morgan fingerprint density at radius 1 is 1.03 bits per heavy atom. The number of ketones is 1. The van der Waals surface area contributed by atoms with E-state index in [0.717, 1.165) is 5.56 Å². The first-order valence-electron chi connectivity index (χ1n) is 12.9. The lowest BCUT2D eigenvalue weighted by Gasteiger charge is -2.26. The van der Waals surface area contributed by atoms with Gasteiger partial charge in [-0.25, -0.2) is 4.79 Å². The SMILES string of the molecule is CCOc1cc2c(cc1C(=O)NC)C(=N)N(CC(=O)c1cc(OCC)c(OC(=O)N(C)C)c(C(C)(C)C)c1)C2. The molecule has 0 bridgehead atoms. The number of rotatable bonds is 9. The number of fused-ring (bicyclic) bond motifs is 1. The van der Waals surface area contributed by atoms with Gasteiger partial charge >= 0.3 is 6.09 Å². The first-order chi connectivity index (χ1) is 18.3. The highest BCUT2D eigenvalue weighted by atomic mass is 16.6. The lowest BCUT2D eigenvalue weighted by Crippen LogP contribution is -2.31. The van der Waals surface area contributed by atoms with Gasteiger partial charge in [0.25, 0.3) is 5.91 Å². The molecule has 0 aliphatic carbocycles. The lowest BCUT2D eigenvalue weighted by molar-refractivity contribution is 0.0952. The molecule has 39 heavy (non-hydrogen) atoms.